The Morgan fingerprint density at radius 3 is 2.29 bits per heavy atom. The van der Waals surface area contributed by atoms with Crippen molar-refractivity contribution < 1.29 is 5.11 Å². The van der Waals surface area contributed by atoms with E-state index >= 15 is 0 Å². The van der Waals surface area contributed by atoms with Gasteiger partial charge in [-0.25, -0.2) is 4.98 Å². The standard InChI is InChI=1S/C18H25NOS/c1-5-18(20,11-14-9-7-6-8-10-14)12-16-19-15(13-21-16)17(2,3)4/h6-10,13,20H,5,11-12H2,1-4H3. The molecule has 0 amide bonds. The van der Waals surface area contributed by atoms with E-state index in [9.17, 15) is 5.11 Å². The van der Waals surface area contributed by atoms with Crippen LogP contribution >= 0.6 is 11.3 Å². The van der Waals surface area contributed by atoms with Crippen LogP contribution < -0.4 is 0 Å². The first kappa shape index (κ1) is 16.2. The van der Waals surface area contributed by atoms with Crippen molar-refractivity contribution in [2.24, 2.45) is 0 Å². The smallest absolute Gasteiger partial charge is 0.0957 e. The summed E-state index contributed by atoms with van der Waals surface area (Å²) < 4.78 is 0. The summed E-state index contributed by atoms with van der Waals surface area (Å²) in [5.41, 5.74) is 1.64. The van der Waals surface area contributed by atoms with Crippen LogP contribution in [0.2, 0.25) is 0 Å². The highest BCUT2D eigenvalue weighted by Gasteiger charge is 2.28. The maximum absolute atomic E-state index is 10.9. The molecule has 0 spiro atoms. The molecule has 1 aromatic carbocycles. The molecule has 2 nitrogen and oxygen atoms in total. The maximum atomic E-state index is 10.9. The lowest BCUT2D eigenvalue weighted by Gasteiger charge is -2.26. The number of nitrogens with zero attached hydrogens (tertiary/aromatic N) is 1. The van der Waals surface area contributed by atoms with E-state index in [4.69, 9.17) is 4.98 Å². The van der Waals surface area contributed by atoms with Crippen LogP contribution in [0.3, 0.4) is 0 Å². The fourth-order valence-corrected chi connectivity index (χ4v) is 3.46. The van der Waals surface area contributed by atoms with Gasteiger partial charge in [-0.2, -0.15) is 0 Å². The van der Waals surface area contributed by atoms with Gasteiger partial charge in [-0.05, 0) is 12.0 Å². The predicted octanol–water partition coefficient (Wildman–Crippen LogP) is 4.37. The van der Waals surface area contributed by atoms with Gasteiger partial charge in [0.1, 0.15) is 0 Å². The van der Waals surface area contributed by atoms with Crippen molar-refractivity contribution in [2.45, 2.75) is 58.0 Å². The Morgan fingerprint density at radius 2 is 1.76 bits per heavy atom. The van der Waals surface area contributed by atoms with Gasteiger partial charge in [0, 0.05) is 23.6 Å². The number of hydrogen-bond donors (Lipinski definition) is 1. The quantitative estimate of drug-likeness (QED) is 0.890. The van der Waals surface area contributed by atoms with E-state index in [0.717, 1.165) is 17.1 Å². The molecule has 0 aliphatic rings. The molecule has 0 bridgehead atoms. The molecule has 1 N–H and O–H groups in total. The molecule has 114 valence electrons. The Kier molecular flexibility index (Phi) is 4.84. The molecule has 1 heterocycles. The van der Waals surface area contributed by atoms with E-state index < -0.39 is 5.60 Å². The van der Waals surface area contributed by atoms with Crippen LogP contribution in [0.5, 0.6) is 0 Å². The van der Waals surface area contributed by atoms with Crippen molar-refractivity contribution >= 4 is 11.3 Å². The Labute approximate surface area is 131 Å². The third kappa shape index (κ3) is 4.39. The van der Waals surface area contributed by atoms with Crippen LogP contribution in [0.15, 0.2) is 35.7 Å². The second kappa shape index (κ2) is 6.29. The molecule has 1 atom stereocenters. The van der Waals surface area contributed by atoms with Crippen LogP contribution in [-0.2, 0) is 18.3 Å². The fraction of sp³-hybridized carbons (Fsp3) is 0.500. The molecule has 0 fully saturated rings. The van der Waals surface area contributed by atoms with Crippen molar-refractivity contribution in [3.05, 3.63) is 52.0 Å². The highest BCUT2D eigenvalue weighted by atomic mass is 32.1. The van der Waals surface area contributed by atoms with Gasteiger partial charge in [-0.1, -0.05) is 58.0 Å². The second-order valence-electron chi connectivity index (χ2n) is 6.79. The van der Waals surface area contributed by atoms with Gasteiger partial charge in [0.15, 0.2) is 0 Å². The lowest BCUT2D eigenvalue weighted by Crippen LogP contribution is -2.33. The Morgan fingerprint density at radius 1 is 1.10 bits per heavy atom. The largest absolute Gasteiger partial charge is 0.389 e. The molecule has 0 aliphatic heterocycles. The monoisotopic (exact) mass is 303 g/mol. The first-order valence-electron chi connectivity index (χ1n) is 7.53. The van der Waals surface area contributed by atoms with E-state index in [1.165, 1.54) is 5.56 Å². The molecule has 1 aromatic heterocycles. The molecule has 2 rings (SSSR count). The van der Waals surface area contributed by atoms with E-state index in [1.54, 1.807) is 11.3 Å². The summed E-state index contributed by atoms with van der Waals surface area (Å²) in [6, 6.07) is 10.2. The lowest BCUT2D eigenvalue weighted by atomic mass is 9.89. The number of benzene rings is 1. The van der Waals surface area contributed by atoms with Crippen LogP contribution in [0, 0.1) is 0 Å². The van der Waals surface area contributed by atoms with Gasteiger partial charge in [0.05, 0.1) is 16.3 Å². The highest BCUT2D eigenvalue weighted by Crippen LogP contribution is 2.28. The summed E-state index contributed by atoms with van der Waals surface area (Å²) in [6.07, 6.45) is 2.03. The van der Waals surface area contributed by atoms with Crippen molar-refractivity contribution in [1.29, 1.82) is 0 Å². The molecule has 1 unspecified atom stereocenters. The Bertz CT molecular complexity index is 570. The molecular weight excluding hydrogens is 278 g/mol. The molecule has 0 radical (unpaired) electrons. The van der Waals surface area contributed by atoms with Crippen LogP contribution in [-0.4, -0.2) is 15.7 Å². The van der Waals surface area contributed by atoms with Crippen LogP contribution in [0.4, 0.5) is 0 Å². The van der Waals surface area contributed by atoms with Crippen molar-refractivity contribution in [3.8, 4) is 0 Å². The molecule has 0 saturated heterocycles. The highest BCUT2D eigenvalue weighted by molar-refractivity contribution is 7.09. The average molecular weight is 303 g/mol. The number of rotatable bonds is 5. The Hall–Kier alpha value is -1.19. The van der Waals surface area contributed by atoms with Crippen molar-refractivity contribution in [2.75, 3.05) is 0 Å². The molecular formula is C18H25NOS. The van der Waals surface area contributed by atoms with E-state index in [1.807, 2.05) is 25.1 Å². The fourth-order valence-electron chi connectivity index (χ4n) is 2.31. The zero-order chi connectivity index (χ0) is 15.5. The SMILES string of the molecule is CCC(O)(Cc1ccccc1)Cc1nc(C(C)(C)C)cs1. The normalized spacial score (nSPS) is 14.9. The lowest BCUT2D eigenvalue weighted by molar-refractivity contribution is 0.0367. The minimum atomic E-state index is -0.714. The number of aromatic nitrogens is 1. The first-order chi connectivity index (χ1) is 9.82. The van der Waals surface area contributed by atoms with Gasteiger partial charge in [-0.3, -0.25) is 0 Å². The van der Waals surface area contributed by atoms with Gasteiger partial charge < -0.3 is 5.11 Å². The topological polar surface area (TPSA) is 33.1 Å². The zero-order valence-corrected chi connectivity index (χ0v) is 14.2. The van der Waals surface area contributed by atoms with E-state index in [2.05, 4.69) is 38.3 Å². The van der Waals surface area contributed by atoms with Crippen LogP contribution in [0.25, 0.3) is 0 Å². The zero-order valence-electron chi connectivity index (χ0n) is 13.4. The second-order valence-corrected chi connectivity index (χ2v) is 7.74. The third-order valence-corrected chi connectivity index (χ3v) is 4.68. The van der Waals surface area contributed by atoms with Crippen molar-refractivity contribution in [1.82, 2.24) is 4.98 Å². The third-order valence-electron chi connectivity index (χ3n) is 3.83. The van der Waals surface area contributed by atoms with E-state index in [0.29, 0.717) is 12.8 Å². The molecule has 0 aliphatic carbocycles. The van der Waals surface area contributed by atoms with Crippen LogP contribution in [0.1, 0.15) is 50.4 Å². The number of hydrogen-bond acceptors (Lipinski definition) is 3. The molecule has 21 heavy (non-hydrogen) atoms. The van der Waals surface area contributed by atoms with Gasteiger partial charge in [-0.15, -0.1) is 11.3 Å². The van der Waals surface area contributed by atoms with E-state index in [-0.39, 0.29) is 5.41 Å². The summed E-state index contributed by atoms with van der Waals surface area (Å²) in [5, 5.41) is 14.1. The number of aliphatic hydroxyl groups is 1. The molecule has 0 saturated carbocycles. The summed E-state index contributed by atoms with van der Waals surface area (Å²) in [7, 11) is 0. The minimum Gasteiger partial charge on any atom is -0.389 e. The molecule has 2 aromatic rings. The van der Waals surface area contributed by atoms with Gasteiger partial charge in [0.25, 0.3) is 0 Å². The predicted molar refractivity (Wildman–Crippen MR) is 89.9 cm³/mol. The van der Waals surface area contributed by atoms with Crippen molar-refractivity contribution in [3.63, 3.8) is 0 Å². The van der Waals surface area contributed by atoms with Gasteiger partial charge in [0.2, 0.25) is 0 Å². The summed E-state index contributed by atoms with van der Waals surface area (Å²) >= 11 is 1.66. The maximum Gasteiger partial charge on any atom is 0.0957 e. The Balaban J connectivity index is 2.12. The molecule has 3 heteroatoms. The first-order valence-corrected chi connectivity index (χ1v) is 8.41. The minimum absolute atomic E-state index is 0.0680. The summed E-state index contributed by atoms with van der Waals surface area (Å²) in [5.74, 6) is 0. The summed E-state index contributed by atoms with van der Waals surface area (Å²) in [6.45, 7) is 8.55. The average Bonchev–Trinajstić information content (AvgIpc) is 2.88. The number of thiazole rings is 1. The van der Waals surface area contributed by atoms with Gasteiger partial charge >= 0.3 is 0 Å². The summed E-state index contributed by atoms with van der Waals surface area (Å²) in [4.78, 5) is 4.71.